The number of ether oxygens (including phenoxy) is 2. The number of benzene rings is 1. The topological polar surface area (TPSA) is 18.5 Å². The molecule has 0 spiro atoms. The molecule has 0 aliphatic carbocycles. The van der Waals surface area contributed by atoms with Crippen molar-refractivity contribution in [1.82, 2.24) is 0 Å². The summed E-state index contributed by atoms with van der Waals surface area (Å²) in [5.41, 5.74) is 0.940. The van der Waals surface area contributed by atoms with E-state index < -0.39 is 0 Å². The average Bonchev–Trinajstić information content (AvgIpc) is 2.18. The molecule has 0 aromatic heterocycles. The largest absolute Gasteiger partial charge is 0.356 e. The first-order valence-electron chi connectivity index (χ1n) is 4.57. The molecule has 0 saturated carbocycles. The molecule has 1 aromatic carbocycles. The fourth-order valence-corrected chi connectivity index (χ4v) is 1.16. The molecule has 0 radical (unpaired) electrons. The molecule has 1 aromatic rings. The normalized spacial score (nSPS) is 15.1. The van der Waals surface area contributed by atoms with Gasteiger partial charge in [0.1, 0.15) is 5.82 Å². The van der Waals surface area contributed by atoms with Crippen LogP contribution in [0.4, 0.5) is 4.39 Å². The third-order valence-electron chi connectivity index (χ3n) is 2.07. The third kappa shape index (κ3) is 3.09. The summed E-state index contributed by atoms with van der Waals surface area (Å²) in [6, 6.07) is 6.27. The van der Waals surface area contributed by atoms with E-state index >= 15 is 0 Å². The van der Waals surface area contributed by atoms with Crippen molar-refractivity contribution in [1.29, 1.82) is 0 Å². The molecule has 0 N–H and O–H groups in total. The van der Waals surface area contributed by atoms with Gasteiger partial charge in [0.15, 0.2) is 6.29 Å². The van der Waals surface area contributed by atoms with Crippen LogP contribution in [0, 0.1) is 5.82 Å². The first-order valence-corrected chi connectivity index (χ1v) is 4.57. The minimum absolute atomic E-state index is 0.0921. The first-order chi connectivity index (χ1) is 6.63. The van der Waals surface area contributed by atoms with Crippen LogP contribution in [0.25, 0.3) is 0 Å². The molecule has 2 atom stereocenters. The second-order valence-electron chi connectivity index (χ2n) is 3.13. The summed E-state index contributed by atoms with van der Waals surface area (Å²) in [7, 11) is 1.59. The number of methoxy groups -OCH3 is 1. The molecule has 0 saturated heterocycles. The van der Waals surface area contributed by atoms with Crippen LogP contribution in [0.3, 0.4) is 0 Å². The summed E-state index contributed by atoms with van der Waals surface area (Å²) in [6.45, 7) is 3.72. The Labute approximate surface area is 83.6 Å². The van der Waals surface area contributed by atoms with Crippen LogP contribution in [0.1, 0.15) is 25.5 Å². The highest BCUT2D eigenvalue weighted by molar-refractivity contribution is 5.18. The van der Waals surface area contributed by atoms with E-state index in [9.17, 15) is 4.39 Å². The fraction of sp³-hybridized carbons (Fsp3) is 0.455. The van der Waals surface area contributed by atoms with Gasteiger partial charge in [-0.25, -0.2) is 4.39 Å². The predicted molar refractivity (Wildman–Crippen MR) is 52.4 cm³/mol. The third-order valence-corrected chi connectivity index (χ3v) is 2.07. The van der Waals surface area contributed by atoms with Gasteiger partial charge in [-0.05, 0) is 31.5 Å². The summed E-state index contributed by atoms with van der Waals surface area (Å²) < 4.78 is 23.1. The lowest BCUT2D eigenvalue weighted by Gasteiger charge is -2.17. The van der Waals surface area contributed by atoms with Crippen molar-refractivity contribution < 1.29 is 13.9 Å². The maximum atomic E-state index is 12.6. The molecule has 3 heteroatoms. The summed E-state index contributed by atoms with van der Waals surface area (Å²) in [5.74, 6) is -0.235. The Morgan fingerprint density at radius 2 is 1.71 bits per heavy atom. The van der Waals surface area contributed by atoms with Crippen LogP contribution < -0.4 is 0 Å². The fourth-order valence-electron chi connectivity index (χ4n) is 1.16. The van der Waals surface area contributed by atoms with Gasteiger partial charge in [-0.2, -0.15) is 0 Å². The zero-order valence-corrected chi connectivity index (χ0v) is 8.66. The molecule has 0 aliphatic heterocycles. The van der Waals surface area contributed by atoms with Gasteiger partial charge < -0.3 is 9.47 Å². The molecule has 0 heterocycles. The quantitative estimate of drug-likeness (QED) is 0.692. The average molecular weight is 198 g/mol. The highest BCUT2D eigenvalue weighted by Gasteiger charge is 2.09. The lowest BCUT2D eigenvalue weighted by Crippen LogP contribution is -2.13. The van der Waals surface area contributed by atoms with E-state index in [0.29, 0.717) is 0 Å². The van der Waals surface area contributed by atoms with Crippen molar-refractivity contribution in [2.75, 3.05) is 7.11 Å². The monoisotopic (exact) mass is 198 g/mol. The molecule has 0 fully saturated rings. The second kappa shape index (κ2) is 5.08. The maximum Gasteiger partial charge on any atom is 0.155 e. The van der Waals surface area contributed by atoms with E-state index in [1.165, 1.54) is 12.1 Å². The van der Waals surface area contributed by atoms with Crippen LogP contribution in [0.2, 0.25) is 0 Å². The lowest BCUT2D eigenvalue weighted by molar-refractivity contribution is -0.140. The van der Waals surface area contributed by atoms with Gasteiger partial charge in [0.25, 0.3) is 0 Å². The van der Waals surface area contributed by atoms with Gasteiger partial charge in [-0.3, -0.25) is 0 Å². The number of halogens is 1. The molecule has 0 aliphatic rings. The van der Waals surface area contributed by atoms with E-state index in [1.54, 1.807) is 19.2 Å². The van der Waals surface area contributed by atoms with Crippen LogP contribution in [-0.4, -0.2) is 13.4 Å². The Bertz CT molecular complexity index is 271. The van der Waals surface area contributed by atoms with Crippen molar-refractivity contribution in [2.24, 2.45) is 0 Å². The van der Waals surface area contributed by atoms with Gasteiger partial charge in [0.2, 0.25) is 0 Å². The Kier molecular flexibility index (Phi) is 4.04. The molecule has 2 nitrogen and oxygen atoms in total. The number of hydrogen-bond donors (Lipinski definition) is 0. The summed E-state index contributed by atoms with van der Waals surface area (Å²) in [6.07, 6.45) is -0.347. The first kappa shape index (κ1) is 11.1. The lowest BCUT2D eigenvalue weighted by atomic mass is 10.1. The molecular formula is C11H15FO2. The van der Waals surface area contributed by atoms with Crippen LogP contribution in [-0.2, 0) is 9.47 Å². The Balaban J connectivity index is 2.60. The van der Waals surface area contributed by atoms with Crippen molar-refractivity contribution in [2.45, 2.75) is 26.2 Å². The highest BCUT2D eigenvalue weighted by Crippen LogP contribution is 2.18. The smallest absolute Gasteiger partial charge is 0.155 e. The minimum Gasteiger partial charge on any atom is -0.356 e. The molecule has 0 amide bonds. The van der Waals surface area contributed by atoms with Crippen LogP contribution in [0.5, 0.6) is 0 Å². The van der Waals surface area contributed by atoms with Crippen molar-refractivity contribution >= 4 is 0 Å². The molecule has 78 valence electrons. The van der Waals surface area contributed by atoms with E-state index in [-0.39, 0.29) is 18.2 Å². The van der Waals surface area contributed by atoms with E-state index in [2.05, 4.69) is 0 Å². The van der Waals surface area contributed by atoms with Gasteiger partial charge >= 0.3 is 0 Å². The summed E-state index contributed by atoms with van der Waals surface area (Å²) in [4.78, 5) is 0. The van der Waals surface area contributed by atoms with Crippen molar-refractivity contribution in [3.8, 4) is 0 Å². The Hall–Kier alpha value is -0.930. The number of hydrogen-bond acceptors (Lipinski definition) is 2. The molecular weight excluding hydrogens is 183 g/mol. The van der Waals surface area contributed by atoms with E-state index in [0.717, 1.165) is 5.56 Å². The van der Waals surface area contributed by atoms with Gasteiger partial charge in [0.05, 0.1) is 6.10 Å². The van der Waals surface area contributed by atoms with E-state index in [4.69, 9.17) is 9.47 Å². The Morgan fingerprint density at radius 3 is 2.21 bits per heavy atom. The maximum absolute atomic E-state index is 12.6. The second-order valence-corrected chi connectivity index (χ2v) is 3.13. The van der Waals surface area contributed by atoms with Crippen molar-refractivity contribution in [3.05, 3.63) is 35.6 Å². The Morgan fingerprint density at radius 1 is 1.14 bits per heavy atom. The molecule has 14 heavy (non-hydrogen) atoms. The standard InChI is InChI=1S/C11H15FO2/c1-8(14-9(2)13-3)10-4-6-11(12)7-5-10/h4-9H,1-3H3. The van der Waals surface area contributed by atoms with Crippen molar-refractivity contribution in [3.63, 3.8) is 0 Å². The number of rotatable bonds is 4. The van der Waals surface area contributed by atoms with Crippen LogP contribution >= 0.6 is 0 Å². The minimum atomic E-state index is -0.255. The van der Waals surface area contributed by atoms with Gasteiger partial charge in [-0.15, -0.1) is 0 Å². The van der Waals surface area contributed by atoms with E-state index in [1.807, 2.05) is 13.8 Å². The molecule has 2 unspecified atom stereocenters. The molecule has 0 bridgehead atoms. The zero-order valence-electron chi connectivity index (χ0n) is 8.66. The van der Waals surface area contributed by atoms with Gasteiger partial charge in [0, 0.05) is 7.11 Å². The van der Waals surface area contributed by atoms with Gasteiger partial charge in [-0.1, -0.05) is 12.1 Å². The SMILES string of the molecule is COC(C)OC(C)c1ccc(F)cc1. The van der Waals surface area contributed by atoms with Crippen LogP contribution in [0.15, 0.2) is 24.3 Å². The zero-order chi connectivity index (χ0) is 10.6. The summed E-state index contributed by atoms with van der Waals surface area (Å²) in [5, 5.41) is 0. The summed E-state index contributed by atoms with van der Waals surface area (Å²) >= 11 is 0. The molecule has 1 rings (SSSR count). The highest BCUT2D eigenvalue weighted by atomic mass is 19.1. The predicted octanol–water partition coefficient (Wildman–Crippen LogP) is 2.90.